The van der Waals surface area contributed by atoms with E-state index in [9.17, 15) is 10.1 Å². The average Bonchev–Trinajstić information content (AvgIpc) is 2.35. The summed E-state index contributed by atoms with van der Waals surface area (Å²) >= 11 is 3.28. The van der Waals surface area contributed by atoms with Crippen molar-refractivity contribution in [3.05, 3.63) is 33.9 Å². The van der Waals surface area contributed by atoms with Crippen molar-refractivity contribution < 1.29 is 9.66 Å². The van der Waals surface area contributed by atoms with Crippen LogP contribution in [0.25, 0.3) is 0 Å². The molecule has 0 saturated heterocycles. The zero-order chi connectivity index (χ0) is 12.8. The van der Waals surface area contributed by atoms with E-state index in [1.165, 1.54) is 0 Å². The molecule has 0 heterocycles. The molecule has 1 aromatic rings. The van der Waals surface area contributed by atoms with Crippen molar-refractivity contribution >= 4 is 21.6 Å². The summed E-state index contributed by atoms with van der Waals surface area (Å²) in [5.74, 6) is 0.355. The van der Waals surface area contributed by atoms with E-state index < -0.39 is 4.92 Å². The molecule has 0 aliphatic rings. The summed E-state index contributed by atoms with van der Waals surface area (Å²) in [4.78, 5) is 10.6. The van der Waals surface area contributed by atoms with Gasteiger partial charge in [-0.2, -0.15) is 0 Å². The number of nitro benzene ring substituents is 1. The fourth-order valence-electron chi connectivity index (χ4n) is 1.52. The van der Waals surface area contributed by atoms with Crippen LogP contribution in [0.5, 0.6) is 5.75 Å². The zero-order valence-corrected chi connectivity index (χ0v) is 11.6. The monoisotopic (exact) mass is 301 g/mol. The Morgan fingerprint density at radius 2 is 2.06 bits per heavy atom. The third kappa shape index (κ3) is 3.70. The summed E-state index contributed by atoms with van der Waals surface area (Å²) in [5, 5.41) is 11.6. The lowest BCUT2D eigenvalue weighted by molar-refractivity contribution is -0.386. The molecular weight excluding hydrogens is 286 g/mol. The van der Waals surface area contributed by atoms with Crippen LogP contribution in [0.15, 0.2) is 18.2 Å². The Morgan fingerprint density at radius 3 is 2.53 bits per heavy atom. The molecule has 0 unspecified atom stereocenters. The molecule has 0 aromatic heterocycles. The summed E-state index contributed by atoms with van der Waals surface area (Å²) in [5.41, 5.74) is 0.905. The van der Waals surface area contributed by atoms with Gasteiger partial charge in [0.15, 0.2) is 5.75 Å². The van der Waals surface area contributed by atoms with Crippen LogP contribution < -0.4 is 4.74 Å². The van der Waals surface area contributed by atoms with E-state index in [1.54, 1.807) is 12.1 Å². The third-order valence-electron chi connectivity index (χ3n) is 2.58. The number of ether oxygens (including phenoxy) is 1. The van der Waals surface area contributed by atoms with Gasteiger partial charge >= 0.3 is 5.69 Å². The van der Waals surface area contributed by atoms with Crippen LogP contribution in [0, 0.1) is 10.1 Å². The number of benzene rings is 1. The predicted octanol–water partition coefficient (Wildman–Crippen LogP) is 4.06. The maximum atomic E-state index is 11.0. The van der Waals surface area contributed by atoms with Crippen LogP contribution in [0.4, 0.5) is 5.69 Å². The van der Waals surface area contributed by atoms with E-state index in [0.29, 0.717) is 11.1 Å². The highest BCUT2D eigenvalue weighted by atomic mass is 79.9. The highest BCUT2D eigenvalue weighted by molar-refractivity contribution is 9.08. The molecule has 0 fully saturated rings. The number of alkyl halides is 1. The van der Waals surface area contributed by atoms with Crippen molar-refractivity contribution in [1.82, 2.24) is 0 Å². The van der Waals surface area contributed by atoms with Gasteiger partial charge in [0.05, 0.1) is 11.0 Å². The Kier molecular flexibility index (Phi) is 5.41. The molecule has 0 aliphatic heterocycles. The normalized spacial score (nSPS) is 10.6. The van der Waals surface area contributed by atoms with Crippen molar-refractivity contribution in [3.63, 3.8) is 0 Å². The first kappa shape index (κ1) is 14.0. The van der Waals surface area contributed by atoms with Gasteiger partial charge in [-0.1, -0.05) is 35.8 Å². The molecule has 0 N–H and O–H groups in total. The number of halogens is 1. The van der Waals surface area contributed by atoms with Gasteiger partial charge < -0.3 is 4.74 Å². The zero-order valence-electron chi connectivity index (χ0n) is 9.98. The van der Waals surface area contributed by atoms with Crippen molar-refractivity contribution in [2.24, 2.45) is 0 Å². The molecule has 4 nitrogen and oxygen atoms in total. The first-order valence-corrected chi connectivity index (χ1v) is 6.74. The summed E-state index contributed by atoms with van der Waals surface area (Å²) < 4.78 is 5.65. The lowest BCUT2D eigenvalue weighted by atomic mass is 10.2. The Bertz CT molecular complexity index is 391. The van der Waals surface area contributed by atoms with Gasteiger partial charge in [-0.05, 0) is 24.5 Å². The van der Waals surface area contributed by atoms with Crippen molar-refractivity contribution in [2.45, 2.75) is 38.1 Å². The molecule has 0 bridgehead atoms. The molecule has 1 rings (SSSR count). The summed E-state index contributed by atoms with van der Waals surface area (Å²) in [6, 6.07) is 5.05. The number of hydrogen-bond donors (Lipinski definition) is 0. The second kappa shape index (κ2) is 6.59. The molecule has 17 heavy (non-hydrogen) atoms. The lowest BCUT2D eigenvalue weighted by Crippen LogP contribution is -2.14. The fraction of sp³-hybridized carbons (Fsp3) is 0.500. The lowest BCUT2D eigenvalue weighted by Gasteiger charge is -2.15. The largest absolute Gasteiger partial charge is 0.484 e. The van der Waals surface area contributed by atoms with Gasteiger partial charge in [-0.25, -0.2) is 0 Å². The van der Waals surface area contributed by atoms with E-state index in [-0.39, 0.29) is 11.8 Å². The van der Waals surface area contributed by atoms with E-state index in [0.717, 1.165) is 18.4 Å². The molecule has 5 heteroatoms. The maximum absolute atomic E-state index is 11.0. The van der Waals surface area contributed by atoms with Crippen LogP contribution in [-0.4, -0.2) is 11.0 Å². The highest BCUT2D eigenvalue weighted by Crippen LogP contribution is 2.30. The molecule has 0 saturated carbocycles. The highest BCUT2D eigenvalue weighted by Gasteiger charge is 2.18. The Balaban J connectivity index is 3.01. The summed E-state index contributed by atoms with van der Waals surface area (Å²) in [6.45, 7) is 4.01. The fourth-order valence-corrected chi connectivity index (χ4v) is 1.87. The molecule has 94 valence electrons. The van der Waals surface area contributed by atoms with E-state index >= 15 is 0 Å². The van der Waals surface area contributed by atoms with Gasteiger partial charge in [-0.15, -0.1) is 0 Å². The van der Waals surface area contributed by atoms with Gasteiger partial charge in [-0.3, -0.25) is 10.1 Å². The standard InChI is InChI=1S/C12H16BrNO3/c1-3-10(4-2)17-12-6-5-9(8-13)7-11(12)14(15)16/h5-7,10H,3-4,8H2,1-2H3. The minimum absolute atomic E-state index is 0.0310. The van der Waals surface area contributed by atoms with Crippen LogP contribution >= 0.6 is 15.9 Å². The minimum Gasteiger partial charge on any atom is -0.484 e. The quantitative estimate of drug-likeness (QED) is 0.452. The van der Waals surface area contributed by atoms with Crippen LogP contribution in [0.1, 0.15) is 32.3 Å². The van der Waals surface area contributed by atoms with Gasteiger partial charge in [0, 0.05) is 11.4 Å². The number of nitrogens with zero attached hydrogens (tertiary/aromatic N) is 1. The van der Waals surface area contributed by atoms with E-state index in [4.69, 9.17) is 4.74 Å². The molecule has 0 amide bonds. The number of rotatable bonds is 6. The predicted molar refractivity (Wildman–Crippen MR) is 70.7 cm³/mol. The average molecular weight is 302 g/mol. The number of nitro groups is 1. The van der Waals surface area contributed by atoms with E-state index in [1.807, 2.05) is 19.9 Å². The van der Waals surface area contributed by atoms with Gasteiger partial charge in [0.2, 0.25) is 0 Å². The van der Waals surface area contributed by atoms with E-state index in [2.05, 4.69) is 15.9 Å². The first-order chi connectivity index (χ1) is 8.12. The Morgan fingerprint density at radius 1 is 1.41 bits per heavy atom. The Hall–Kier alpha value is -1.10. The molecule has 0 atom stereocenters. The topological polar surface area (TPSA) is 52.4 Å². The van der Waals surface area contributed by atoms with Crippen LogP contribution in [0.3, 0.4) is 0 Å². The van der Waals surface area contributed by atoms with Crippen LogP contribution in [-0.2, 0) is 5.33 Å². The molecule has 0 aliphatic carbocycles. The SMILES string of the molecule is CCC(CC)Oc1ccc(CBr)cc1[N+](=O)[O-]. The smallest absolute Gasteiger partial charge is 0.311 e. The number of hydrogen-bond acceptors (Lipinski definition) is 3. The minimum atomic E-state index is -0.399. The molecule has 1 aromatic carbocycles. The van der Waals surface area contributed by atoms with Crippen molar-refractivity contribution in [3.8, 4) is 5.75 Å². The van der Waals surface area contributed by atoms with Gasteiger partial charge in [0.1, 0.15) is 0 Å². The van der Waals surface area contributed by atoms with Crippen molar-refractivity contribution in [1.29, 1.82) is 0 Å². The Labute approximate surface area is 109 Å². The molecule has 0 spiro atoms. The van der Waals surface area contributed by atoms with Gasteiger partial charge in [0.25, 0.3) is 0 Å². The molecular formula is C12H16BrNO3. The third-order valence-corrected chi connectivity index (χ3v) is 3.23. The first-order valence-electron chi connectivity index (χ1n) is 5.62. The second-order valence-corrected chi connectivity index (χ2v) is 4.31. The summed E-state index contributed by atoms with van der Waals surface area (Å²) in [7, 11) is 0. The molecule has 0 radical (unpaired) electrons. The van der Waals surface area contributed by atoms with Crippen LogP contribution in [0.2, 0.25) is 0 Å². The maximum Gasteiger partial charge on any atom is 0.311 e. The summed E-state index contributed by atoms with van der Waals surface area (Å²) in [6.07, 6.45) is 1.71. The second-order valence-electron chi connectivity index (χ2n) is 3.75. The van der Waals surface area contributed by atoms with Crippen molar-refractivity contribution in [2.75, 3.05) is 0 Å².